The molecule has 1 aromatic carbocycles. The van der Waals surface area contributed by atoms with Gasteiger partial charge in [0.15, 0.2) is 0 Å². The zero-order chi connectivity index (χ0) is 13.5. The van der Waals surface area contributed by atoms with Crippen molar-refractivity contribution < 1.29 is 9.90 Å². The molecule has 0 bridgehead atoms. The number of nitrogens with zero attached hydrogens (tertiary/aromatic N) is 2. The van der Waals surface area contributed by atoms with Gasteiger partial charge in [0.1, 0.15) is 6.04 Å². The third-order valence-electron chi connectivity index (χ3n) is 2.69. The van der Waals surface area contributed by atoms with Crippen LogP contribution in [0.5, 0.6) is 0 Å². The molecule has 4 nitrogen and oxygen atoms in total. The Morgan fingerprint density at radius 3 is 2.56 bits per heavy atom. The van der Waals surface area contributed by atoms with Crippen LogP contribution in [0.4, 0.5) is 0 Å². The van der Waals surface area contributed by atoms with Gasteiger partial charge in [-0.1, -0.05) is 30.7 Å². The first-order valence-corrected chi connectivity index (χ1v) is 6.07. The van der Waals surface area contributed by atoms with Crippen LogP contribution < -0.4 is 0 Å². The second kappa shape index (κ2) is 7.00. The maximum atomic E-state index is 10.6. The Morgan fingerprint density at radius 1 is 1.50 bits per heavy atom. The zero-order valence-electron chi connectivity index (χ0n) is 10.1. The smallest absolute Gasteiger partial charge is 0.304 e. The van der Waals surface area contributed by atoms with Crippen molar-refractivity contribution in [3.63, 3.8) is 0 Å². The van der Waals surface area contributed by atoms with Gasteiger partial charge in [0, 0.05) is 11.6 Å². The minimum atomic E-state index is -0.860. The molecule has 0 aliphatic heterocycles. The van der Waals surface area contributed by atoms with Crippen molar-refractivity contribution in [1.82, 2.24) is 4.90 Å². The van der Waals surface area contributed by atoms with Crippen LogP contribution in [0, 0.1) is 11.3 Å². The number of carboxylic acid groups (broad SMARTS) is 1. The number of hydrogen-bond acceptors (Lipinski definition) is 3. The normalized spacial score (nSPS) is 12.1. The van der Waals surface area contributed by atoms with Crippen LogP contribution >= 0.6 is 11.6 Å². The fraction of sp³-hybridized carbons (Fsp3) is 0.385. The van der Waals surface area contributed by atoms with Crippen molar-refractivity contribution in [2.75, 3.05) is 13.1 Å². The summed E-state index contributed by atoms with van der Waals surface area (Å²) >= 11 is 5.80. The summed E-state index contributed by atoms with van der Waals surface area (Å²) in [5.41, 5.74) is 0.828. The Hall–Kier alpha value is -1.57. The molecule has 0 aromatic heterocycles. The molecule has 1 N–H and O–H groups in total. The molecule has 1 aromatic rings. The molecule has 0 spiro atoms. The van der Waals surface area contributed by atoms with Crippen molar-refractivity contribution >= 4 is 17.6 Å². The van der Waals surface area contributed by atoms with Crippen LogP contribution in [0.15, 0.2) is 24.3 Å². The fourth-order valence-electron chi connectivity index (χ4n) is 1.72. The molecule has 1 rings (SSSR count). The Balaban J connectivity index is 2.83. The second-order valence-corrected chi connectivity index (χ2v) is 4.29. The molecule has 0 amide bonds. The largest absolute Gasteiger partial charge is 0.481 e. The van der Waals surface area contributed by atoms with E-state index in [2.05, 4.69) is 6.07 Å². The monoisotopic (exact) mass is 266 g/mol. The van der Waals surface area contributed by atoms with Gasteiger partial charge in [-0.25, -0.2) is 0 Å². The van der Waals surface area contributed by atoms with Gasteiger partial charge in [-0.05, 0) is 24.2 Å². The van der Waals surface area contributed by atoms with Gasteiger partial charge in [-0.15, -0.1) is 0 Å². The topological polar surface area (TPSA) is 64.3 Å². The Bertz CT molecular complexity index is 439. The number of rotatable bonds is 6. The standard InChI is InChI=1S/C13H15ClN2O2/c1-2-16(8-7-13(17)18)12(9-15)10-3-5-11(14)6-4-10/h3-6,12H,2,7-8H2,1H3,(H,17,18). The van der Waals surface area contributed by atoms with Gasteiger partial charge in [0.05, 0.1) is 12.5 Å². The van der Waals surface area contributed by atoms with E-state index in [4.69, 9.17) is 16.7 Å². The van der Waals surface area contributed by atoms with Gasteiger partial charge >= 0.3 is 5.97 Å². The lowest BCUT2D eigenvalue weighted by Gasteiger charge is -2.25. The molecule has 18 heavy (non-hydrogen) atoms. The Labute approximate surface area is 111 Å². The van der Waals surface area contributed by atoms with Gasteiger partial charge in [-0.3, -0.25) is 9.69 Å². The van der Waals surface area contributed by atoms with Crippen molar-refractivity contribution in [2.24, 2.45) is 0 Å². The van der Waals surface area contributed by atoms with E-state index in [9.17, 15) is 10.1 Å². The van der Waals surface area contributed by atoms with Crippen LogP contribution in [0.3, 0.4) is 0 Å². The number of halogens is 1. The minimum absolute atomic E-state index is 0.0274. The number of benzene rings is 1. The van der Waals surface area contributed by atoms with Crippen molar-refractivity contribution in [1.29, 1.82) is 5.26 Å². The van der Waals surface area contributed by atoms with Crippen LogP contribution in [-0.4, -0.2) is 29.1 Å². The van der Waals surface area contributed by atoms with E-state index in [0.717, 1.165) is 5.56 Å². The van der Waals surface area contributed by atoms with Crippen LogP contribution in [0.2, 0.25) is 5.02 Å². The number of hydrogen-bond donors (Lipinski definition) is 1. The van der Waals surface area contributed by atoms with Crippen molar-refractivity contribution in [2.45, 2.75) is 19.4 Å². The van der Waals surface area contributed by atoms with Crippen LogP contribution in [0.25, 0.3) is 0 Å². The van der Waals surface area contributed by atoms with E-state index >= 15 is 0 Å². The number of nitriles is 1. The molecule has 0 radical (unpaired) electrons. The Kier molecular flexibility index (Phi) is 5.63. The first-order chi connectivity index (χ1) is 8.58. The van der Waals surface area contributed by atoms with E-state index in [-0.39, 0.29) is 6.42 Å². The number of carboxylic acids is 1. The van der Waals surface area contributed by atoms with Gasteiger partial charge < -0.3 is 5.11 Å². The summed E-state index contributed by atoms with van der Waals surface area (Å²) in [7, 11) is 0. The van der Waals surface area contributed by atoms with Gasteiger partial charge in [0.25, 0.3) is 0 Å². The zero-order valence-corrected chi connectivity index (χ0v) is 10.9. The van der Waals surface area contributed by atoms with Gasteiger partial charge in [-0.2, -0.15) is 5.26 Å². The lowest BCUT2D eigenvalue weighted by Crippen LogP contribution is -2.30. The summed E-state index contributed by atoms with van der Waals surface area (Å²) in [4.78, 5) is 12.4. The van der Waals surface area contributed by atoms with Gasteiger partial charge in [0.2, 0.25) is 0 Å². The lowest BCUT2D eigenvalue weighted by atomic mass is 10.1. The van der Waals surface area contributed by atoms with E-state index in [1.807, 2.05) is 11.8 Å². The summed E-state index contributed by atoms with van der Waals surface area (Å²) in [6.45, 7) is 2.88. The highest BCUT2D eigenvalue weighted by atomic mass is 35.5. The van der Waals surface area contributed by atoms with E-state index in [1.54, 1.807) is 24.3 Å². The van der Waals surface area contributed by atoms with Crippen LogP contribution in [0.1, 0.15) is 24.9 Å². The summed E-state index contributed by atoms with van der Waals surface area (Å²) in [6.07, 6.45) is 0.0274. The first kappa shape index (κ1) is 14.5. The highest BCUT2D eigenvalue weighted by molar-refractivity contribution is 6.30. The molecule has 1 atom stereocenters. The number of aliphatic carboxylic acids is 1. The molecular weight excluding hydrogens is 252 g/mol. The summed E-state index contributed by atoms with van der Waals surface area (Å²) in [6, 6.07) is 8.80. The molecule has 96 valence electrons. The predicted molar refractivity (Wildman–Crippen MR) is 69.3 cm³/mol. The average molecular weight is 267 g/mol. The summed E-state index contributed by atoms with van der Waals surface area (Å²) in [5.74, 6) is -0.860. The lowest BCUT2D eigenvalue weighted by molar-refractivity contribution is -0.137. The molecule has 5 heteroatoms. The molecule has 0 heterocycles. The van der Waals surface area contributed by atoms with E-state index < -0.39 is 12.0 Å². The maximum Gasteiger partial charge on any atom is 0.304 e. The predicted octanol–water partition coefficient (Wildman–Crippen LogP) is 2.70. The second-order valence-electron chi connectivity index (χ2n) is 3.86. The molecule has 0 fully saturated rings. The quantitative estimate of drug-likeness (QED) is 0.860. The molecule has 1 unspecified atom stereocenters. The maximum absolute atomic E-state index is 10.6. The Morgan fingerprint density at radius 2 is 2.11 bits per heavy atom. The molecule has 0 aliphatic carbocycles. The number of carbonyl (C=O) groups is 1. The SMILES string of the molecule is CCN(CCC(=O)O)C(C#N)c1ccc(Cl)cc1. The summed E-state index contributed by atoms with van der Waals surface area (Å²) in [5, 5.41) is 18.6. The minimum Gasteiger partial charge on any atom is -0.481 e. The third kappa shape index (κ3) is 4.02. The molecule has 0 aliphatic rings. The highest BCUT2D eigenvalue weighted by Crippen LogP contribution is 2.21. The van der Waals surface area contributed by atoms with E-state index in [1.165, 1.54) is 0 Å². The molecule has 0 saturated heterocycles. The average Bonchev–Trinajstić information content (AvgIpc) is 2.35. The molecule has 0 saturated carbocycles. The fourth-order valence-corrected chi connectivity index (χ4v) is 1.85. The van der Waals surface area contributed by atoms with Crippen LogP contribution in [-0.2, 0) is 4.79 Å². The van der Waals surface area contributed by atoms with Crippen molar-refractivity contribution in [3.8, 4) is 6.07 Å². The first-order valence-electron chi connectivity index (χ1n) is 5.69. The summed E-state index contributed by atoms with van der Waals surface area (Å²) < 4.78 is 0. The van der Waals surface area contributed by atoms with Crippen molar-refractivity contribution in [3.05, 3.63) is 34.9 Å². The molecular formula is C13H15ClN2O2. The van der Waals surface area contributed by atoms with E-state index in [0.29, 0.717) is 18.1 Å². The highest BCUT2D eigenvalue weighted by Gasteiger charge is 2.19. The third-order valence-corrected chi connectivity index (χ3v) is 2.94.